The summed E-state index contributed by atoms with van der Waals surface area (Å²) >= 11 is 0. The van der Waals surface area contributed by atoms with E-state index < -0.39 is 0 Å². The summed E-state index contributed by atoms with van der Waals surface area (Å²) in [6.45, 7) is 3.82. The van der Waals surface area contributed by atoms with Crippen LogP contribution in [0.3, 0.4) is 0 Å². The summed E-state index contributed by atoms with van der Waals surface area (Å²) in [5, 5.41) is 1.07. The molecule has 0 saturated carbocycles. The predicted octanol–water partition coefficient (Wildman–Crippen LogP) is 4.38. The van der Waals surface area contributed by atoms with E-state index in [4.69, 9.17) is 19.2 Å². The molecule has 0 spiro atoms. The molecule has 2 aromatic carbocycles. The van der Waals surface area contributed by atoms with Crippen LogP contribution in [0.1, 0.15) is 29.5 Å². The number of rotatable bonds is 9. The number of carbonyl (C=O) groups excluding carboxylic acids is 1. The van der Waals surface area contributed by atoms with Gasteiger partial charge < -0.3 is 24.0 Å². The Kier molecular flexibility index (Phi) is 7.76. The summed E-state index contributed by atoms with van der Waals surface area (Å²) in [6.07, 6.45) is 2.24. The molecule has 186 valence electrons. The topological polar surface area (TPSA) is 64.1 Å². The van der Waals surface area contributed by atoms with Gasteiger partial charge in [0.15, 0.2) is 0 Å². The van der Waals surface area contributed by atoms with Crippen LogP contribution < -0.4 is 14.4 Å². The van der Waals surface area contributed by atoms with Gasteiger partial charge in [0.2, 0.25) is 5.91 Å². The van der Waals surface area contributed by atoms with E-state index in [1.54, 1.807) is 14.2 Å². The number of aromatic nitrogens is 1. The molecule has 0 bridgehead atoms. The highest BCUT2D eigenvalue weighted by atomic mass is 16.5. The Bertz CT molecular complexity index is 1190. The first kappa shape index (κ1) is 24.8. The van der Waals surface area contributed by atoms with Crippen LogP contribution in [0.25, 0.3) is 10.9 Å². The van der Waals surface area contributed by atoms with E-state index >= 15 is 0 Å². The summed E-state index contributed by atoms with van der Waals surface area (Å²) in [7, 11) is 7.22. The molecule has 1 aromatic heterocycles. The van der Waals surface area contributed by atoms with E-state index in [1.807, 2.05) is 48.2 Å². The minimum Gasteiger partial charge on any atom is -0.497 e. The molecule has 4 rings (SSSR count). The molecule has 0 radical (unpaired) electrons. The maximum Gasteiger partial charge on any atom is 0.227 e. The number of benzene rings is 2. The molecule has 1 saturated heterocycles. The zero-order valence-corrected chi connectivity index (χ0v) is 21.3. The van der Waals surface area contributed by atoms with Crippen LogP contribution in [0.4, 0.5) is 5.82 Å². The Balaban J connectivity index is 1.67. The van der Waals surface area contributed by atoms with Gasteiger partial charge in [-0.3, -0.25) is 4.79 Å². The van der Waals surface area contributed by atoms with Gasteiger partial charge in [0.1, 0.15) is 17.3 Å². The van der Waals surface area contributed by atoms with E-state index in [-0.39, 0.29) is 18.4 Å². The highest BCUT2D eigenvalue weighted by Gasteiger charge is 2.25. The van der Waals surface area contributed by atoms with Crippen LogP contribution in [0, 0.1) is 6.92 Å². The van der Waals surface area contributed by atoms with Crippen molar-refractivity contribution in [3.63, 3.8) is 0 Å². The fourth-order valence-electron chi connectivity index (χ4n) is 4.67. The zero-order valence-electron chi connectivity index (χ0n) is 21.3. The first-order chi connectivity index (χ1) is 16.9. The number of para-hydroxylation sites is 1. The summed E-state index contributed by atoms with van der Waals surface area (Å²) in [4.78, 5) is 22.6. The van der Waals surface area contributed by atoms with Crippen molar-refractivity contribution >= 4 is 22.6 Å². The van der Waals surface area contributed by atoms with Crippen molar-refractivity contribution in [3.8, 4) is 11.5 Å². The van der Waals surface area contributed by atoms with Gasteiger partial charge in [0.25, 0.3) is 0 Å². The van der Waals surface area contributed by atoms with Crippen LogP contribution in [0.15, 0.2) is 42.5 Å². The molecule has 1 aliphatic rings. The Labute approximate surface area is 207 Å². The number of ether oxygens (including phenoxy) is 3. The number of methoxy groups -OCH3 is 2. The molecular weight excluding hydrogens is 442 g/mol. The lowest BCUT2D eigenvalue weighted by atomic mass is 10.1. The minimum absolute atomic E-state index is 0.0149. The average molecular weight is 478 g/mol. The predicted molar refractivity (Wildman–Crippen MR) is 138 cm³/mol. The molecule has 1 aliphatic heterocycles. The van der Waals surface area contributed by atoms with Crippen molar-refractivity contribution in [1.82, 2.24) is 9.88 Å². The van der Waals surface area contributed by atoms with Gasteiger partial charge in [-0.25, -0.2) is 4.98 Å². The van der Waals surface area contributed by atoms with E-state index in [2.05, 4.69) is 25.1 Å². The van der Waals surface area contributed by atoms with Crippen LogP contribution in [-0.2, 0) is 22.5 Å². The Hall–Kier alpha value is -3.32. The third-order valence-corrected chi connectivity index (χ3v) is 6.52. The normalized spacial score (nSPS) is 15.3. The van der Waals surface area contributed by atoms with E-state index in [9.17, 15) is 4.79 Å². The summed E-state index contributed by atoms with van der Waals surface area (Å²) in [6, 6.07) is 13.9. The minimum atomic E-state index is 0.0149. The second kappa shape index (κ2) is 11.0. The molecule has 1 fully saturated rings. The molecular formula is C28H35N3O4. The number of anilines is 1. The molecule has 7 nitrogen and oxygen atoms in total. The first-order valence-electron chi connectivity index (χ1n) is 12.1. The van der Waals surface area contributed by atoms with Crippen LogP contribution >= 0.6 is 0 Å². The highest BCUT2D eigenvalue weighted by Crippen LogP contribution is 2.28. The van der Waals surface area contributed by atoms with Crippen LogP contribution in [0.5, 0.6) is 11.5 Å². The number of hydrogen-bond acceptors (Lipinski definition) is 6. The van der Waals surface area contributed by atoms with E-state index in [1.165, 1.54) is 0 Å². The Morgan fingerprint density at radius 1 is 1.11 bits per heavy atom. The van der Waals surface area contributed by atoms with Crippen molar-refractivity contribution < 1.29 is 19.0 Å². The van der Waals surface area contributed by atoms with Crippen molar-refractivity contribution in [1.29, 1.82) is 0 Å². The molecule has 0 unspecified atom stereocenters. The standard InChI is InChI=1S/C28H35N3O4/c1-19-8-6-9-20-14-22(28(30(2)3)29-27(19)20)17-31(18-24-10-7-13-35-24)26(32)16-21-15-23(33-4)11-12-25(21)34-5/h6,8-9,11-12,14-15,24H,7,10,13,16-18H2,1-5H3/t24-/m1/s1. The van der Waals surface area contributed by atoms with Gasteiger partial charge in [-0.05, 0) is 49.6 Å². The van der Waals surface area contributed by atoms with Crippen molar-refractivity contribution in [2.45, 2.75) is 38.8 Å². The number of nitrogens with zero attached hydrogens (tertiary/aromatic N) is 3. The van der Waals surface area contributed by atoms with Crippen molar-refractivity contribution in [2.24, 2.45) is 0 Å². The average Bonchev–Trinajstić information content (AvgIpc) is 3.36. The first-order valence-corrected chi connectivity index (χ1v) is 12.1. The van der Waals surface area contributed by atoms with Gasteiger partial charge in [0.05, 0.1) is 32.3 Å². The highest BCUT2D eigenvalue weighted by molar-refractivity contribution is 5.85. The number of amides is 1. The lowest BCUT2D eigenvalue weighted by Gasteiger charge is -2.28. The van der Waals surface area contributed by atoms with Crippen LogP contribution in [0.2, 0.25) is 0 Å². The smallest absolute Gasteiger partial charge is 0.227 e. The molecule has 1 amide bonds. The maximum atomic E-state index is 13.7. The van der Waals surface area contributed by atoms with E-state index in [0.29, 0.717) is 24.6 Å². The van der Waals surface area contributed by atoms with E-state index in [0.717, 1.165) is 52.9 Å². The summed E-state index contributed by atoms with van der Waals surface area (Å²) < 4.78 is 16.8. The number of pyridine rings is 1. The lowest BCUT2D eigenvalue weighted by molar-refractivity contribution is -0.132. The zero-order chi connectivity index (χ0) is 24.9. The Morgan fingerprint density at radius 3 is 2.63 bits per heavy atom. The quantitative estimate of drug-likeness (QED) is 0.456. The van der Waals surface area contributed by atoms with Gasteiger partial charge >= 0.3 is 0 Å². The maximum absolute atomic E-state index is 13.7. The number of aryl methyl sites for hydroxylation is 1. The third kappa shape index (κ3) is 5.68. The molecule has 3 aromatic rings. The number of carbonyl (C=O) groups is 1. The SMILES string of the molecule is COc1ccc(OC)c(CC(=O)N(Cc2cc3cccc(C)c3nc2N(C)C)C[C@H]2CCCO2)c1. The fraction of sp³-hybridized carbons (Fsp3) is 0.429. The van der Waals surface area contributed by atoms with Crippen molar-refractivity contribution in [3.05, 3.63) is 59.2 Å². The molecule has 0 aliphatic carbocycles. The second-order valence-electron chi connectivity index (χ2n) is 9.28. The molecule has 2 heterocycles. The van der Waals surface area contributed by atoms with Crippen molar-refractivity contribution in [2.75, 3.05) is 46.4 Å². The molecule has 7 heteroatoms. The Morgan fingerprint density at radius 2 is 1.94 bits per heavy atom. The third-order valence-electron chi connectivity index (χ3n) is 6.52. The second-order valence-corrected chi connectivity index (χ2v) is 9.28. The summed E-state index contributed by atoms with van der Waals surface area (Å²) in [5.41, 5.74) is 3.93. The molecule has 0 N–H and O–H groups in total. The molecule has 1 atom stereocenters. The van der Waals surface area contributed by atoms with Gasteiger partial charge in [-0.2, -0.15) is 0 Å². The van der Waals surface area contributed by atoms with Gasteiger partial charge in [-0.15, -0.1) is 0 Å². The molecule has 35 heavy (non-hydrogen) atoms. The largest absolute Gasteiger partial charge is 0.497 e. The van der Waals surface area contributed by atoms with Crippen LogP contribution in [-0.4, -0.2) is 63.4 Å². The number of fused-ring (bicyclic) bond motifs is 1. The fourth-order valence-corrected chi connectivity index (χ4v) is 4.67. The number of hydrogen-bond donors (Lipinski definition) is 0. The monoisotopic (exact) mass is 477 g/mol. The lowest BCUT2D eigenvalue weighted by Crippen LogP contribution is -2.38. The van der Waals surface area contributed by atoms with Gasteiger partial charge in [-0.1, -0.05) is 18.2 Å². The summed E-state index contributed by atoms with van der Waals surface area (Å²) in [5.74, 6) is 2.26. The van der Waals surface area contributed by atoms with Gasteiger partial charge in [0, 0.05) is 50.3 Å².